The minimum absolute atomic E-state index is 0.0648. The third-order valence-corrected chi connectivity index (χ3v) is 5.19. The van der Waals surface area contributed by atoms with Crippen molar-refractivity contribution in [2.24, 2.45) is 0 Å². The van der Waals surface area contributed by atoms with Gasteiger partial charge in [0.05, 0.1) is 12.8 Å². The fraction of sp³-hybridized carbons (Fsp3) is 0.350. The van der Waals surface area contributed by atoms with E-state index < -0.39 is 11.6 Å². The highest BCUT2D eigenvalue weighted by Gasteiger charge is 2.26. The summed E-state index contributed by atoms with van der Waals surface area (Å²) in [5, 5.41) is 18.2. The van der Waals surface area contributed by atoms with Crippen molar-refractivity contribution in [2.75, 3.05) is 13.7 Å². The van der Waals surface area contributed by atoms with Crippen LogP contribution in [0.1, 0.15) is 30.0 Å². The molecular weight excluding hydrogens is 378 g/mol. The topological polar surface area (TPSA) is 76.9 Å². The Kier molecular flexibility index (Phi) is 5.77. The van der Waals surface area contributed by atoms with Gasteiger partial charge < -0.3 is 15.4 Å². The number of benzene rings is 2. The van der Waals surface area contributed by atoms with E-state index in [1.54, 1.807) is 17.9 Å². The average Bonchev–Trinajstić information content (AvgIpc) is 3.29. The Labute approximate surface area is 167 Å². The molecule has 2 atom stereocenters. The first-order chi connectivity index (χ1) is 14.2. The van der Waals surface area contributed by atoms with E-state index in [9.17, 15) is 8.78 Å². The third-order valence-electron chi connectivity index (χ3n) is 5.19. The normalized spacial score (nSPS) is 19.3. The minimum Gasteiger partial charge on any atom is -0.496 e. The number of hydrogen-bond acceptors (Lipinski definition) is 6. The van der Waals surface area contributed by atoms with Crippen LogP contribution in [0.5, 0.6) is 5.75 Å². The number of ether oxygens (including phenoxy) is 1. The van der Waals surface area contributed by atoms with Gasteiger partial charge in [0.15, 0.2) is 11.6 Å². The maximum Gasteiger partial charge on any atom is 0.159 e. The van der Waals surface area contributed by atoms with Crippen molar-refractivity contribution in [1.82, 2.24) is 30.8 Å². The zero-order valence-corrected chi connectivity index (χ0v) is 16.0. The number of methoxy groups -OCH3 is 1. The second kappa shape index (κ2) is 8.62. The van der Waals surface area contributed by atoms with Gasteiger partial charge in [0.25, 0.3) is 0 Å². The van der Waals surface area contributed by atoms with Crippen molar-refractivity contribution in [2.45, 2.75) is 31.5 Å². The van der Waals surface area contributed by atoms with Gasteiger partial charge in [-0.2, -0.15) is 0 Å². The standard InChI is InChI=1S/C20H22F2N6O/c1-29-19-7-5-15(28-12-25-26-27-28)9-14(19)11-24-18-3-2-8-23-20(18)13-4-6-16(21)17(22)10-13/h4-7,9-10,12,18,20,23-24H,2-3,8,11H2,1H3. The molecule has 2 heterocycles. The van der Waals surface area contributed by atoms with Crippen molar-refractivity contribution >= 4 is 0 Å². The van der Waals surface area contributed by atoms with Crippen LogP contribution in [0, 0.1) is 11.6 Å². The highest BCUT2D eigenvalue weighted by atomic mass is 19.2. The molecule has 3 aromatic rings. The van der Waals surface area contributed by atoms with Gasteiger partial charge in [0.1, 0.15) is 12.1 Å². The first-order valence-corrected chi connectivity index (χ1v) is 9.47. The van der Waals surface area contributed by atoms with Gasteiger partial charge in [-0.05, 0) is 65.7 Å². The summed E-state index contributed by atoms with van der Waals surface area (Å²) in [7, 11) is 1.63. The summed E-state index contributed by atoms with van der Waals surface area (Å²) in [5.74, 6) is -0.912. The number of rotatable bonds is 6. The zero-order valence-electron chi connectivity index (χ0n) is 16.0. The van der Waals surface area contributed by atoms with E-state index in [2.05, 4.69) is 26.2 Å². The summed E-state index contributed by atoms with van der Waals surface area (Å²) in [6.45, 7) is 1.38. The Morgan fingerprint density at radius 2 is 2.10 bits per heavy atom. The molecule has 1 fully saturated rings. The number of piperidine rings is 1. The summed E-state index contributed by atoms with van der Waals surface area (Å²) in [6.07, 6.45) is 3.45. The van der Waals surface area contributed by atoms with E-state index in [0.717, 1.165) is 42.0 Å². The second-order valence-corrected chi connectivity index (χ2v) is 6.99. The fourth-order valence-electron chi connectivity index (χ4n) is 3.73. The molecule has 2 unspecified atom stereocenters. The molecule has 1 aromatic heterocycles. The van der Waals surface area contributed by atoms with Crippen molar-refractivity contribution in [3.63, 3.8) is 0 Å². The molecule has 0 spiro atoms. The monoisotopic (exact) mass is 400 g/mol. The number of tetrazole rings is 1. The lowest BCUT2D eigenvalue weighted by Crippen LogP contribution is -2.45. The predicted octanol–water partition coefficient (Wildman–Crippen LogP) is 2.53. The summed E-state index contributed by atoms with van der Waals surface area (Å²) >= 11 is 0. The molecule has 1 aliphatic rings. The molecule has 4 rings (SSSR count). The van der Waals surface area contributed by atoms with Crippen LogP contribution in [0.2, 0.25) is 0 Å². The number of nitrogens with zero attached hydrogens (tertiary/aromatic N) is 4. The van der Waals surface area contributed by atoms with Gasteiger partial charge >= 0.3 is 0 Å². The fourth-order valence-corrected chi connectivity index (χ4v) is 3.73. The number of nitrogens with one attached hydrogen (secondary N) is 2. The van der Waals surface area contributed by atoms with Crippen molar-refractivity contribution < 1.29 is 13.5 Å². The van der Waals surface area contributed by atoms with E-state index in [4.69, 9.17) is 4.74 Å². The molecule has 1 aliphatic heterocycles. The lowest BCUT2D eigenvalue weighted by molar-refractivity contribution is 0.302. The van der Waals surface area contributed by atoms with E-state index in [-0.39, 0.29) is 12.1 Å². The Hall–Kier alpha value is -2.91. The Morgan fingerprint density at radius 3 is 2.86 bits per heavy atom. The van der Waals surface area contributed by atoms with Crippen LogP contribution in [0.4, 0.5) is 8.78 Å². The van der Waals surface area contributed by atoms with Crippen LogP contribution in [-0.2, 0) is 6.54 Å². The quantitative estimate of drug-likeness (QED) is 0.662. The van der Waals surface area contributed by atoms with Gasteiger partial charge in [0.2, 0.25) is 0 Å². The first kappa shape index (κ1) is 19.4. The summed E-state index contributed by atoms with van der Waals surface area (Å²) in [4.78, 5) is 0. The van der Waals surface area contributed by atoms with Crippen molar-refractivity contribution in [1.29, 1.82) is 0 Å². The van der Waals surface area contributed by atoms with Crippen LogP contribution >= 0.6 is 0 Å². The van der Waals surface area contributed by atoms with Gasteiger partial charge in [-0.1, -0.05) is 6.07 Å². The van der Waals surface area contributed by atoms with Crippen LogP contribution in [0.15, 0.2) is 42.7 Å². The maximum absolute atomic E-state index is 13.7. The predicted molar refractivity (Wildman–Crippen MR) is 103 cm³/mol. The Bertz CT molecular complexity index is 966. The lowest BCUT2D eigenvalue weighted by Gasteiger charge is -2.34. The van der Waals surface area contributed by atoms with E-state index in [1.165, 1.54) is 18.5 Å². The van der Waals surface area contributed by atoms with Crippen molar-refractivity contribution in [3.05, 3.63) is 65.5 Å². The molecular formula is C20H22F2N6O. The number of hydrogen-bond donors (Lipinski definition) is 2. The second-order valence-electron chi connectivity index (χ2n) is 6.99. The smallest absolute Gasteiger partial charge is 0.159 e. The molecule has 2 aromatic carbocycles. The highest BCUT2D eigenvalue weighted by Crippen LogP contribution is 2.27. The minimum atomic E-state index is -0.835. The maximum atomic E-state index is 13.7. The van der Waals surface area contributed by atoms with Crippen molar-refractivity contribution in [3.8, 4) is 11.4 Å². The molecule has 152 valence electrons. The third kappa shape index (κ3) is 4.25. The Morgan fingerprint density at radius 1 is 1.21 bits per heavy atom. The molecule has 2 N–H and O–H groups in total. The summed E-state index contributed by atoms with van der Waals surface area (Å²) in [5.41, 5.74) is 2.51. The molecule has 0 amide bonds. The van der Waals surface area contributed by atoms with Crippen LogP contribution in [-0.4, -0.2) is 39.9 Å². The van der Waals surface area contributed by atoms with Gasteiger partial charge in [-0.3, -0.25) is 0 Å². The molecule has 0 radical (unpaired) electrons. The van der Waals surface area contributed by atoms with Gasteiger partial charge in [-0.25, -0.2) is 13.5 Å². The number of aromatic nitrogens is 4. The van der Waals surface area contributed by atoms with Gasteiger partial charge in [-0.15, -0.1) is 5.10 Å². The lowest BCUT2D eigenvalue weighted by atomic mass is 9.92. The summed E-state index contributed by atoms with van der Waals surface area (Å²) < 4.78 is 34.1. The SMILES string of the molecule is COc1ccc(-n2cnnn2)cc1CNC1CCCNC1c1ccc(F)c(F)c1. The van der Waals surface area contributed by atoms with E-state index in [0.29, 0.717) is 6.54 Å². The molecule has 0 bridgehead atoms. The van der Waals surface area contributed by atoms with E-state index in [1.807, 2.05) is 18.2 Å². The Balaban J connectivity index is 1.53. The first-order valence-electron chi connectivity index (χ1n) is 9.47. The number of halogens is 2. The largest absolute Gasteiger partial charge is 0.496 e. The molecule has 0 saturated carbocycles. The van der Waals surface area contributed by atoms with Gasteiger partial charge in [0, 0.05) is 24.2 Å². The van der Waals surface area contributed by atoms with Crippen LogP contribution in [0.25, 0.3) is 5.69 Å². The molecule has 7 nitrogen and oxygen atoms in total. The zero-order chi connectivity index (χ0) is 20.2. The summed E-state index contributed by atoms with van der Waals surface area (Å²) in [6, 6.07) is 9.76. The molecule has 0 aliphatic carbocycles. The van der Waals surface area contributed by atoms with Crippen LogP contribution < -0.4 is 15.4 Å². The van der Waals surface area contributed by atoms with Crippen LogP contribution in [0.3, 0.4) is 0 Å². The molecule has 29 heavy (non-hydrogen) atoms. The average molecular weight is 400 g/mol. The van der Waals surface area contributed by atoms with E-state index >= 15 is 0 Å². The highest BCUT2D eigenvalue weighted by molar-refractivity contribution is 5.43. The molecule has 9 heteroatoms. The molecule has 1 saturated heterocycles.